The van der Waals surface area contributed by atoms with Gasteiger partial charge >= 0.3 is 0 Å². The molecule has 0 aromatic heterocycles. The van der Waals surface area contributed by atoms with Gasteiger partial charge in [-0.3, -0.25) is 0 Å². The molecule has 0 atom stereocenters. The van der Waals surface area contributed by atoms with Crippen molar-refractivity contribution < 1.29 is 0 Å². The lowest BCUT2D eigenvalue weighted by atomic mass is 10.2. The SMILES string of the molecule is SC=Cc1ccccc1Cl. The van der Waals surface area contributed by atoms with Crippen molar-refractivity contribution in [3.8, 4) is 0 Å². The fourth-order valence-electron chi connectivity index (χ4n) is 0.691. The Balaban J connectivity index is 3.03. The minimum absolute atomic E-state index is 0.757. The van der Waals surface area contributed by atoms with E-state index in [1.54, 1.807) is 5.41 Å². The van der Waals surface area contributed by atoms with Gasteiger partial charge in [-0.15, -0.1) is 0 Å². The summed E-state index contributed by atoms with van der Waals surface area (Å²) in [5, 5.41) is 2.43. The van der Waals surface area contributed by atoms with E-state index in [-0.39, 0.29) is 0 Å². The van der Waals surface area contributed by atoms with E-state index in [0.717, 1.165) is 10.6 Å². The molecule has 10 heavy (non-hydrogen) atoms. The highest BCUT2D eigenvalue weighted by molar-refractivity contribution is 7.83. The Hall–Kier alpha value is -0.400. The van der Waals surface area contributed by atoms with E-state index >= 15 is 0 Å². The Labute approximate surface area is 70.9 Å². The second kappa shape index (κ2) is 3.69. The summed E-state index contributed by atoms with van der Waals surface area (Å²) >= 11 is 9.76. The van der Waals surface area contributed by atoms with E-state index in [4.69, 9.17) is 11.6 Å². The van der Waals surface area contributed by atoms with Crippen molar-refractivity contribution in [3.63, 3.8) is 0 Å². The molecule has 0 spiro atoms. The number of halogens is 1. The summed E-state index contributed by atoms with van der Waals surface area (Å²) in [6.45, 7) is 0. The molecule has 52 valence electrons. The fourth-order valence-corrected chi connectivity index (χ4v) is 1.05. The third kappa shape index (κ3) is 1.79. The van der Waals surface area contributed by atoms with Crippen molar-refractivity contribution in [2.75, 3.05) is 0 Å². The van der Waals surface area contributed by atoms with E-state index in [2.05, 4.69) is 12.6 Å². The zero-order chi connectivity index (χ0) is 7.40. The zero-order valence-electron chi connectivity index (χ0n) is 5.29. The monoisotopic (exact) mass is 170 g/mol. The molecule has 0 bridgehead atoms. The van der Waals surface area contributed by atoms with E-state index < -0.39 is 0 Å². The van der Waals surface area contributed by atoms with E-state index in [9.17, 15) is 0 Å². The molecule has 0 aliphatic heterocycles. The van der Waals surface area contributed by atoms with Gasteiger partial charge in [0.15, 0.2) is 0 Å². The predicted octanol–water partition coefficient (Wildman–Crippen LogP) is 3.24. The number of benzene rings is 1. The Bertz CT molecular complexity index is 243. The minimum Gasteiger partial charge on any atom is -0.151 e. The molecule has 0 nitrogen and oxygen atoms in total. The van der Waals surface area contributed by atoms with Crippen LogP contribution in [0.5, 0.6) is 0 Å². The predicted molar refractivity (Wildman–Crippen MR) is 49.5 cm³/mol. The fraction of sp³-hybridized carbons (Fsp3) is 0. The topological polar surface area (TPSA) is 0 Å². The van der Waals surface area contributed by atoms with E-state index in [0.29, 0.717) is 0 Å². The lowest BCUT2D eigenvalue weighted by Gasteiger charge is -1.93. The standard InChI is InChI=1S/C8H7ClS/c9-8-4-2-1-3-7(8)5-6-10/h1-6,10H. The highest BCUT2D eigenvalue weighted by Gasteiger charge is 1.90. The van der Waals surface area contributed by atoms with Crippen molar-refractivity contribution in [2.24, 2.45) is 0 Å². The van der Waals surface area contributed by atoms with Crippen LogP contribution in [0.2, 0.25) is 5.02 Å². The van der Waals surface area contributed by atoms with Gasteiger partial charge in [-0.25, -0.2) is 0 Å². The number of hydrogen-bond acceptors (Lipinski definition) is 1. The minimum atomic E-state index is 0.757. The third-order valence-electron chi connectivity index (χ3n) is 1.16. The van der Waals surface area contributed by atoms with Crippen LogP contribution in [0.3, 0.4) is 0 Å². The second-order valence-corrected chi connectivity index (χ2v) is 2.54. The first kappa shape index (κ1) is 7.70. The van der Waals surface area contributed by atoms with Crippen LogP contribution in [0.4, 0.5) is 0 Å². The Morgan fingerprint density at radius 1 is 1.30 bits per heavy atom. The Morgan fingerprint density at radius 3 is 2.60 bits per heavy atom. The number of thiol groups is 1. The molecule has 0 aliphatic carbocycles. The summed E-state index contributed by atoms with van der Waals surface area (Å²) in [5.41, 5.74) is 0.999. The van der Waals surface area contributed by atoms with Crippen molar-refractivity contribution in [3.05, 3.63) is 40.3 Å². The molecule has 0 N–H and O–H groups in total. The maximum Gasteiger partial charge on any atom is 0.0478 e. The van der Waals surface area contributed by atoms with Gasteiger partial charge in [-0.1, -0.05) is 29.8 Å². The van der Waals surface area contributed by atoms with Crippen LogP contribution in [0, 0.1) is 0 Å². The van der Waals surface area contributed by atoms with E-state index in [1.807, 2.05) is 30.3 Å². The van der Waals surface area contributed by atoms with Crippen molar-refractivity contribution in [1.29, 1.82) is 0 Å². The molecule has 0 saturated carbocycles. The molecule has 1 rings (SSSR count). The van der Waals surface area contributed by atoms with Gasteiger partial charge in [0.05, 0.1) is 0 Å². The van der Waals surface area contributed by atoms with Crippen molar-refractivity contribution >= 4 is 30.3 Å². The maximum atomic E-state index is 5.82. The first-order chi connectivity index (χ1) is 4.84. The molecular weight excluding hydrogens is 164 g/mol. The molecule has 1 aromatic carbocycles. The number of hydrogen-bond donors (Lipinski definition) is 1. The smallest absolute Gasteiger partial charge is 0.0478 e. The molecule has 2 heteroatoms. The largest absolute Gasteiger partial charge is 0.151 e. The average molecular weight is 171 g/mol. The van der Waals surface area contributed by atoms with Gasteiger partial charge in [-0.05, 0) is 23.1 Å². The summed E-state index contributed by atoms with van der Waals surface area (Å²) in [6, 6.07) is 7.63. The lowest BCUT2D eigenvalue weighted by molar-refractivity contribution is 1.66. The van der Waals surface area contributed by atoms with Gasteiger partial charge in [0, 0.05) is 5.02 Å². The third-order valence-corrected chi connectivity index (χ3v) is 1.65. The van der Waals surface area contributed by atoms with Gasteiger partial charge in [0.1, 0.15) is 0 Å². The molecule has 1 aromatic rings. The van der Waals surface area contributed by atoms with Crippen LogP contribution in [0.1, 0.15) is 5.56 Å². The summed E-state index contributed by atoms with van der Waals surface area (Å²) in [5.74, 6) is 0. The molecular formula is C8H7ClS. The van der Waals surface area contributed by atoms with Gasteiger partial charge in [0.25, 0.3) is 0 Å². The highest BCUT2D eigenvalue weighted by atomic mass is 35.5. The van der Waals surface area contributed by atoms with E-state index in [1.165, 1.54) is 0 Å². The normalized spacial score (nSPS) is 10.6. The molecule has 0 amide bonds. The van der Waals surface area contributed by atoms with Crippen LogP contribution in [-0.2, 0) is 0 Å². The van der Waals surface area contributed by atoms with Crippen molar-refractivity contribution in [1.82, 2.24) is 0 Å². The lowest BCUT2D eigenvalue weighted by Crippen LogP contribution is -1.70. The summed E-state index contributed by atoms with van der Waals surface area (Å²) in [7, 11) is 0. The number of rotatable bonds is 1. The van der Waals surface area contributed by atoms with Crippen LogP contribution >= 0.6 is 24.2 Å². The molecule has 0 heterocycles. The second-order valence-electron chi connectivity index (χ2n) is 1.84. The molecule has 0 aliphatic rings. The van der Waals surface area contributed by atoms with Gasteiger partial charge in [-0.2, -0.15) is 12.6 Å². The first-order valence-corrected chi connectivity index (χ1v) is 3.79. The molecule has 0 fully saturated rings. The highest BCUT2D eigenvalue weighted by Crippen LogP contribution is 2.16. The maximum absolute atomic E-state index is 5.82. The summed E-state index contributed by atoms with van der Waals surface area (Å²) in [6.07, 6.45) is 1.85. The first-order valence-electron chi connectivity index (χ1n) is 2.90. The Morgan fingerprint density at radius 2 is 2.00 bits per heavy atom. The van der Waals surface area contributed by atoms with Gasteiger partial charge < -0.3 is 0 Å². The van der Waals surface area contributed by atoms with Crippen LogP contribution in [0.15, 0.2) is 29.7 Å². The molecule has 0 saturated heterocycles. The van der Waals surface area contributed by atoms with Crippen molar-refractivity contribution in [2.45, 2.75) is 0 Å². The van der Waals surface area contributed by atoms with Gasteiger partial charge in [0.2, 0.25) is 0 Å². The average Bonchev–Trinajstić information content (AvgIpc) is 1.94. The molecule has 0 unspecified atom stereocenters. The van der Waals surface area contributed by atoms with Crippen LogP contribution in [0.25, 0.3) is 6.08 Å². The quantitative estimate of drug-likeness (QED) is 0.615. The van der Waals surface area contributed by atoms with Crippen LogP contribution < -0.4 is 0 Å². The summed E-state index contributed by atoms with van der Waals surface area (Å²) in [4.78, 5) is 0. The Kier molecular flexibility index (Phi) is 2.84. The summed E-state index contributed by atoms with van der Waals surface area (Å²) < 4.78 is 0. The van der Waals surface area contributed by atoms with Crippen LogP contribution in [-0.4, -0.2) is 0 Å². The molecule has 0 radical (unpaired) electrons. The zero-order valence-corrected chi connectivity index (χ0v) is 6.94.